The van der Waals surface area contributed by atoms with Gasteiger partial charge in [-0.05, 0) is 80.8 Å². The highest BCUT2D eigenvalue weighted by atomic mass is 16.3. The Kier molecular flexibility index (Phi) is 7.48. The van der Waals surface area contributed by atoms with E-state index in [1.165, 1.54) is 33.6 Å². The molecule has 0 bridgehead atoms. The van der Waals surface area contributed by atoms with Crippen LogP contribution in [0.4, 0.5) is 11.4 Å². The highest BCUT2D eigenvalue weighted by molar-refractivity contribution is 5.70. The molecule has 2 N–H and O–H groups in total. The second-order valence-corrected chi connectivity index (χ2v) is 6.83. The average Bonchev–Trinajstić information content (AvgIpc) is 2.58. The van der Waals surface area contributed by atoms with Crippen LogP contribution in [-0.2, 0) is 6.42 Å². The van der Waals surface area contributed by atoms with Crippen molar-refractivity contribution in [2.45, 2.75) is 46.5 Å². The number of rotatable bonds is 9. The molecule has 0 heterocycles. The van der Waals surface area contributed by atoms with Crippen LogP contribution in [0.15, 0.2) is 36.4 Å². The first-order valence-electron chi connectivity index (χ1n) is 9.23. The SMILES string of the molecule is Cc1cccc(N(CCCCO)c2c(C)cc(CCCO)cc2C)c1. The van der Waals surface area contributed by atoms with Gasteiger partial charge in [-0.3, -0.25) is 0 Å². The fraction of sp³-hybridized carbons (Fsp3) is 0.455. The zero-order chi connectivity index (χ0) is 18.2. The molecule has 2 rings (SSSR count). The Hall–Kier alpha value is -1.84. The molecule has 136 valence electrons. The first kappa shape index (κ1) is 19.5. The molecule has 0 spiro atoms. The summed E-state index contributed by atoms with van der Waals surface area (Å²) in [7, 11) is 0. The molecule has 0 saturated heterocycles. The number of hydrogen-bond donors (Lipinski definition) is 2. The largest absolute Gasteiger partial charge is 0.396 e. The third-order valence-electron chi connectivity index (χ3n) is 4.55. The van der Waals surface area contributed by atoms with Crippen molar-refractivity contribution in [3.8, 4) is 0 Å². The predicted octanol–water partition coefficient (Wildman–Crippen LogP) is 4.45. The van der Waals surface area contributed by atoms with E-state index in [4.69, 9.17) is 10.2 Å². The second kappa shape index (κ2) is 9.59. The van der Waals surface area contributed by atoms with E-state index in [2.05, 4.69) is 62.1 Å². The van der Waals surface area contributed by atoms with Crippen LogP contribution in [0, 0.1) is 20.8 Å². The predicted molar refractivity (Wildman–Crippen MR) is 106 cm³/mol. The summed E-state index contributed by atoms with van der Waals surface area (Å²) in [5.41, 5.74) is 7.52. The minimum Gasteiger partial charge on any atom is -0.396 e. The Labute approximate surface area is 151 Å². The minimum atomic E-state index is 0.233. The maximum Gasteiger partial charge on any atom is 0.0470 e. The van der Waals surface area contributed by atoms with E-state index in [0.717, 1.165) is 32.2 Å². The molecule has 0 radical (unpaired) electrons. The van der Waals surface area contributed by atoms with Crippen LogP contribution in [0.5, 0.6) is 0 Å². The molecule has 0 aliphatic carbocycles. The van der Waals surface area contributed by atoms with Crippen LogP contribution < -0.4 is 4.90 Å². The summed E-state index contributed by atoms with van der Waals surface area (Å²) < 4.78 is 0. The van der Waals surface area contributed by atoms with E-state index in [0.29, 0.717) is 0 Å². The third kappa shape index (κ3) is 5.32. The monoisotopic (exact) mass is 341 g/mol. The summed E-state index contributed by atoms with van der Waals surface area (Å²) >= 11 is 0. The lowest BCUT2D eigenvalue weighted by molar-refractivity contribution is 0.285. The van der Waals surface area contributed by atoms with E-state index in [-0.39, 0.29) is 13.2 Å². The lowest BCUT2D eigenvalue weighted by Gasteiger charge is -2.29. The van der Waals surface area contributed by atoms with Crippen molar-refractivity contribution < 1.29 is 10.2 Å². The highest BCUT2D eigenvalue weighted by Gasteiger charge is 2.15. The summed E-state index contributed by atoms with van der Waals surface area (Å²) in [6.45, 7) is 7.81. The molecule has 0 aromatic heterocycles. The summed E-state index contributed by atoms with van der Waals surface area (Å²) in [5.74, 6) is 0. The van der Waals surface area contributed by atoms with Gasteiger partial charge in [-0.25, -0.2) is 0 Å². The number of aliphatic hydroxyl groups is 2. The first-order chi connectivity index (χ1) is 12.1. The lowest BCUT2D eigenvalue weighted by atomic mass is 9.99. The van der Waals surface area contributed by atoms with Crippen LogP contribution in [0.25, 0.3) is 0 Å². The molecule has 0 saturated carbocycles. The first-order valence-corrected chi connectivity index (χ1v) is 9.23. The summed E-state index contributed by atoms with van der Waals surface area (Å²) in [4.78, 5) is 2.38. The van der Waals surface area contributed by atoms with Crippen molar-refractivity contribution in [1.82, 2.24) is 0 Å². The number of aryl methyl sites for hydroxylation is 4. The smallest absolute Gasteiger partial charge is 0.0470 e. The van der Waals surface area contributed by atoms with Gasteiger partial charge in [-0.15, -0.1) is 0 Å². The molecule has 2 aromatic rings. The van der Waals surface area contributed by atoms with Gasteiger partial charge in [0.1, 0.15) is 0 Å². The zero-order valence-electron chi connectivity index (χ0n) is 15.8. The van der Waals surface area contributed by atoms with Crippen LogP contribution >= 0.6 is 0 Å². The number of nitrogens with zero attached hydrogens (tertiary/aromatic N) is 1. The fourth-order valence-corrected chi connectivity index (χ4v) is 3.45. The Morgan fingerprint density at radius 2 is 1.52 bits per heavy atom. The summed E-state index contributed by atoms with van der Waals surface area (Å²) in [6, 6.07) is 13.1. The molecule has 0 atom stereocenters. The van der Waals surface area contributed by atoms with Gasteiger partial charge in [0.25, 0.3) is 0 Å². The van der Waals surface area contributed by atoms with Gasteiger partial charge in [0.2, 0.25) is 0 Å². The van der Waals surface area contributed by atoms with Gasteiger partial charge < -0.3 is 15.1 Å². The quantitative estimate of drug-likeness (QED) is 0.662. The van der Waals surface area contributed by atoms with Crippen LogP contribution in [0.2, 0.25) is 0 Å². The molecular formula is C22H31NO2. The molecule has 3 heteroatoms. The third-order valence-corrected chi connectivity index (χ3v) is 4.55. The van der Waals surface area contributed by atoms with E-state index in [9.17, 15) is 0 Å². The molecule has 0 aliphatic heterocycles. The maximum absolute atomic E-state index is 9.15. The van der Waals surface area contributed by atoms with Gasteiger partial charge in [-0.1, -0.05) is 24.3 Å². The van der Waals surface area contributed by atoms with E-state index in [1.54, 1.807) is 0 Å². The molecule has 0 fully saturated rings. The molecule has 25 heavy (non-hydrogen) atoms. The number of benzene rings is 2. The average molecular weight is 341 g/mol. The van der Waals surface area contributed by atoms with Crippen molar-refractivity contribution in [1.29, 1.82) is 0 Å². The van der Waals surface area contributed by atoms with Crippen LogP contribution in [0.1, 0.15) is 41.5 Å². The molecule has 3 nitrogen and oxygen atoms in total. The minimum absolute atomic E-state index is 0.233. The van der Waals surface area contributed by atoms with Gasteiger partial charge in [-0.2, -0.15) is 0 Å². The number of anilines is 2. The topological polar surface area (TPSA) is 43.7 Å². The highest BCUT2D eigenvalue weighted by Crippen LogP contribution is 2.33. The van der Waals surface area contributed by atoms with E-state index < -0.39 is 0 Å². The lowest BCUT2D eigenvalue weighted by Crippen LogP contribution is -2.21. The Balaban J connectivity index is 2.39. The Bertz CT molecular complexity index is 658. The van der Waals surface area contributed by atoms with Gasteiger partial charge in [0.15, 0.2) is 0 Å². The summed E-state index contributed by atoms with van der Waals surface area (Å²) in [6.07, 6.45) is 3.48. The van der Waals surface area contributed by atoms with Gasteiger partial charge >= 0.3 is 0 Å². The maximum atomic E-state index is 9.15. The molecule has 0 aliphatic rings. The molecular weight excluding hydrogens is 310 g/mol. The standard InChI is InChI=1S/C22H31NO2/c1-17-8-6-10-21(14-17)23(11-4-5-12-24)22-18(2)15-20(9-7-13-25)16-19(22)3/h6,8,10,14-16,24-25H,4-5,7,9,11-13H2,1-3H3. The van der Waals surface area contributed by atoms with E-state index in [1.807, 2.05) is 0 Å². The molecule has 2 aromatic carbocycles. The number of aliphatic hydroxyl groups excluding tert-OH is 2. The van der Waals surface area contributed by atoms with Crippen LogP contribution in [-0.4, -0.2) is 30.0 Å². The van der Waals surface area contributed by atoms with Crippen molar-refractivity contribution in [2.75, 3.05) is 24.7 Å². The number of unbranched alkanes of at least 4 members (excludes halogenated alkanes) is 1. The summed E-state index contributed by atoms with van der Waals surface area (Å²) in [5, 5.41) is 18.2. The molecule has 0 unspecified atom stereocenters. The molecule has 0 amide bonds. The fourth-order valence-electron chi connectivity index (χ4n) is 3.45. The number of hydrogen-bond acceptors (Lipinski definition) is 3. The van der Waals surface area contributed by atoms with Crippen LogP contribution in [0.3, 0.4) is 0 Å². The second-order valence-electron chi connectivity index (χ2n) is 6.83. The van der Waals surface area contributed by atoms with Crippen molar-refractivity contribution in [3.05, 3.63) is 58.7 Å². The van der Waals surface area contributed by atoms with Gasteiger partial charge in [0, 0.05) is 31.1 Å². The zero-order valence-corrected chi connectivity index (χ0v) is 15.8. The van der Waals surface area contributed by atoms with E-state index >= 15 is 0 Å². The van der Waals surface area contributed by atoms with Crippen molar-refractivity contribution >= 4 is 11.4 Å². The van der Waals surface area contributed by atoms with Crippen molar-refractivity contribution in [2.24, 2.45) is 0 Å². The van der Waals surface area contributed by atoms with Gasteiger partial charge in [0.05, 0.1) is 0 Å². The normalized spacial score (nSPS) is 10.9. The Morgan fingerprint density at radius 1 is 0.840 bits per heavy atom. The van der Waals surface area contributed by atoms with Crippen molar-refractivity contribution in [3.63, 3.8) is 0 Å². The Morgan fingerprint density at radius 3 is 2.12 bits per heavy atom.